The largest absolute Gasteiger partial charge is 0.491 e. The molecule has 3 N–H and O–H groups in total. The molecule has 0 aromatic heterocycles. The summed E-state index contributed by atoms with van der Waals surface area (Å²) in [7, 11) is -5.01. The van der Waals surface area contributed by atoms with Crippen LogP contribution >= 0.6 is 7.82 Å². The minimum absolute atomic E-state index is 0.659. The third-order valence-electron chi connectivity index (χ3n) is 1.73. The first-order chi connectivity index (χ1) is 8.11. The Labute approximate surface area is 98.6 Å². The second-order valence-corrected chi connectivity index (χ2v) is 4.22. The van der Waals surface area contributed by atoms with Gasteiger partial charge in [0.15, 0.2) is 0 Å². The quantitative estimate of drug-likeness (QED) is 0.577. The minimum atomic E-state index is -5.01. The molecule has 10 heteroatoms. The molecule has 1 amide bonds. The highest BCUT2D eigenvalue weighted by Gasteiger charge is 2.35. The van der Waals surface area contributed by atoms with Crippen LogP contribution in [-0.4, -0.2) is 15.7 Å². The van der Waals surface area contributed by atoms with Gasteiger partial charge >= 0.3 is 14.0 Å². The summed E-state index contributed by atoms with van der Waals surface area (Å²) in [6.07, 6.45) is -4.77. The maximum atomic E-state index is 12.5. The number of amides is 1. The second kappa shape index (κ2) is 5.07. The molecule has 6 nitrogen and oxygen atoms in total. The highest BCUT2D eigenvalue weighted by atomic mass is 31.2. The van der Waals surface area contributed by atoms with E-state index in [1.54, 1.807) is 0 Å². The maximum Gasteiger partial charge on any atom is 0.491 e. The smallest absolute Gasteiger partial charge is 0.301 e. The third-order valence-corrected chi connectivity index (χ3v) is 2.06. The fourth-order valence-electron chi connectivity index (χ4n) is 1.08. The van der Waals surface area contributed by atoms with Crippen molar-refractivity contribution in [2.24, 2.45) is 0 Å². The summed E-state index contributed by atoms with van der Waals surface area (Å²) < 4.78 is 51.4. The van der Waals surface area contributed by atoms with Gasteiger partial charge in [0.1, 0.15) is 0 Å². The number of hydroxylamine groups is 1. The lowest BCUT2D eigenvalue weighted by Crippen LogP contribution is -2.25. The number of hydrogen-bond acceptors (Lipinski definition) is 3. The Morgan fingerprint density at radius 2 is 1.83 bits per heavy atom. The Morgan fingerprint density at radius 1 is 1.28 bits per heavy atom. The monoisotopic (exact) mass is 285 g/mol. The predicted molar refractivity (Wildman–Crippen MR) is 52.0 cm³/mol. The van der Waals surface area contributed by atoms with E-state index >= 15 is 0 Å². The van der Waals surface area contributed by atoms with E-state index in [1.165, 1.54) is 11.5 Å². The van der Waals surface area contributed by atoms with Crippen molar-refractivity contribution in [2.75, 3.05) is 0 Å². The highest BCUT2D eigenvalue weighted by Crippen LogP contribution is 2.35. The molecule has 18 heavy (non-hydrogen) atoms. The van der Waals surface area contributed by atoms with Gasteiger partial charge in [0.25, 0.3) is 5.91 Å². The lowest BCUT2D eigenvalue weighted by molar-refractivity contribution is -0.138. The van der Waals surface area contributed by atoms with Gasteiger partial charge in [-0.2, -0.15) is 17.8 Å². The van der Waals surface area contributed by atoms with Crippen LogP contribution in [0.25, 0.3) is 0 Å². The van der Waals surface area contributed by atoms with Crippen LogP contribution in [0.2, 0.25) is 0 Å². The van der Waals surface area contributed by atoms with E-state index < -0.39 is 31.0 Å². The van der Waals surface area contributed by atoms with E-state index in [0.29, 0.717) is 6.07 Å². The van der Waals surface area contributed by atoms with E-state index in [-0.39, 0.29) is 0 Å². The Hall–Kier alpha value is -1.41. The van der Waals surface area contributed by atoms with Crippen molar-refractivity contribution in [3.63, 3.8) is 0 Å². The van der Waals surface area contributed by atoms with Crippen molar-refractivity contribution >= 4 is 13.7 Å². The number of hydrogen-bond donors (Lipinski definition) is 3. The fourth-order valence-corrected chi connectivity index (χ4v) is 1.29. The van der Waals surface area contributed by atoms with Gasteiger partial charge in [0.05, 0.1) is 11.1 Å². The van der Waals surface area contributed by atoms with Crippen molar-refractivity contribution in [3.8, 4) is 0 Å². The number of halogens is 3. The Kier molecular flexibility index (Phi) is 4.12. The average Bonchev–Trinajstić information content (AvgIpc) is 2.24. The molecule has 0 radical (unpaired) electrons. The van der Waals surface area contributed by atoms with Crippen molar-refractivity contribution in [1.29, 1.82) is 0 Å². The topological polar surface area (TPSA) is 95.9 Å². The lowest BCUT2D eigenvalue weighted by atomic mass is 10.1. The molecule has 0 saturated carbocycles. The number of alkyl halides is 3. The molecule has 0 heterocycles. The molecule has 0 fully saturated rings. The van der Waals surface area contributed by atoms with Gasteiger partial charge in [-0.1, -0.05) is 12.1 Å². The molecule has 1 rings (SSSR count). The predicted octanol–water partition coefficient (Wildman–Crippen LogP) is 1.46. The van der Waals surface area contributed by atoms with Crippen molar-refractivity contribution < 1.29 is 36.9 Å². The SMILES string of the molecule is O=C(NOP(=O)(O)O)c1ccccc1C(F)(F)F. The number of benzene rings is 1. The van der Waals surface area contributed by atoms with E-state index in [1.807, 2.05) is 0 Å². The van der Waals surface area contributed by atoms with Crippen molar-refractivity contribution in [1.82, 2.24) is 5.48 Å². The average molecular weight is 285 g/mol. The van der Waals surface area contributed by atoms with E-state index in [4.69, 9.17) is 9.79 Å². The van der Waals surface area contributed by atoms with Gasteiger partial charge in [0.2, 0.25) is 0 Å². The van der Waals surface area contributed by atoms with Crippen LogP contribution in [0, 0.1) is 0 Å². The molecule has 1 aromatic rings. The summed E-state index contributed by atoms with van der Waals surface area (Å²) in [5.41, 5.74) is -0.797. The molecule has 100 valence electrons. The van der Waals surface area contributed by atoms with Crippen LogP contribution in [0.15, 0.2) is 24.3 Å². The standard InChI is InChI=1S/C8H7F3NO5P/c9-8(10,11)6-4-2-1-3-5(6)7(13)12-17-18(14,15)16/h1-4H,(H,12,13)(H2,14,15,16). The van der Waals surface area contributed by atoms with Crippen LogP contribution in [0.1, 0.15) is 15.9 Å². The first-order valence-corrected chi connectivity index (χ1v) is 5.85. The molecule has 0 unspecified atom stereocenters. The second-order valence-electron chi connectivity index (χ2n) is 3.06. The summed E-state index contributed by atoms with van der Waals surface area (Å²) in [5.74, 6) is -1.41. The normalized spacial score (nSPS) is 12.3. The summed E-state index contributed by atoms with van der Waals surface area (Å²) in [6, 6.07) is 3.75. The number of phosphoric acid groups is 1. The Bertz CT molecular complexity index is 498. The molecule has 0 spiro atoms. The molecule has 0 saturated heterocycles. The van der Waals surface area contributed by atoms with Crippen molar-refractivity contribution in [3.05, 3.63) is 35.4 Å². The van der Waals surface area contributed by atoms with Crippen LogP contribution in [-0.2, 0) is 15.4 Å². The molecule has 1 aromatic carbocycles. The van der Waals surface area contributed by atoms with Gasteiger partial charge in [0, 0.05) is 0 Å². The Balaban J connectivity index is 2.97. The fraction of sp³-hybridized carbons (Fsp3) is 0.125. The number of nitrogens with one attached hydrogen (secondary N) is 1. The first-order valence-electron chi connectivity index (χ1n) is 4.32. The lowest BCUT2D eigenvalue weighted by Gasteiger charge is -2.12. The van der Waals surface area contributed by atoms with Crippen LogP contribution in [0.3, 0.4) is 0 Å². The summed E-state index contributed by atoms with van der Waals surface area (Å²) >= 11 is 0. The number of rotatable bonds is 3. The highest BCUT2D eigenvalue weighted by molar-refractivity contribution is 7.46. The van der Waals surface area contributed by atoms with Crippen LogP contribution < -0.4 is 5.48 Å². The molecule has 0 atom stereocenters. The molecular weight excluding hydrogens is 278 g/mol. The molecule has 0 aliphatic carbocycles. The summed E-state index contributed by atoms with van der Waals surface area (Å²) in [4.78, 5) is 27.9. The first kappa shape index (κ1) is 14.7. The number of carbonyl (C=O) groups excluding carboxylic acids is 1. The van der Waals surface area contributed by atoms with Crippen molar-refractivity contribution in [2.45, 2.75) is 6.18 Å². The van der Waals surface area contributed by atoms with Gasteiger partial charge in [-0.3, -0.25) is 4.79 Å². The van der Waals surface area contributed by atoms with E-state index in [2.05, 4.69) is 4.62 Å². The van der Waals surface area contributed by atoms with Crippen LogP contribution in [0.5, 0.6) is 0 Å². The van der Waals surface area contributed by atoms with Gasteiger partial charge < -0.3 is 9.79 Å². The molecule has 0 aliphatic heterocycles. The maximum absolute atomic E-state index is 12.5. The summed E-state index contributed by atoms with van der Waals surface area (Å²) in [6.45, 7) is 0. The van der Waals surface area contributed by atoms with E-state index in [9.17, 15) is 22.5 Å². The van der Waals surface area contributed by atoms with E-state index in [0.717, 1.165) is 12.1 Å². The number of carbonyl (C=O) groups is 1. The zero-order chi connectivity index (χ0) is 14.0. The third kappa shape index (κ3) is 4.11. The zero-order valence-electron chi connectivity index (χ0n) is 8.51. The summed E-state index contributed by atoms with van der Waals surface area (Å²) in [5, 5.41) is 0. The minimum Gasteiger partial charge on any atom is -0.301 e. The van der Waals surface area contributed by atoms with Gasteiger partial charge in [-0.25, -0.2) is 10.0 Å². The molecule has 0 bridgehead atoms. The van der Waals surface area contributed by atoms with Gasteiger partial charge in [-0.15, -0.1) is 0 Å². The Morgan fingerprint density at radius 3 is 2.33 bits per heavy atom. The molecular formula is C8H7F3NO5P. The molecule has 0 aliphatic rings. The zero-order valence-corrected chi connectivity index (χ0v) is 9.40. The van der Waals surface area contributed by atoms with Crippen LogP contribution in [0.4, 0.5) is 13.2 Å². The van der Waals surface area contributed by atoms with Gasteiger partial charge in [-0.05, 0) is 12.1 Å².